The highest BCUT2D eigenvalue weighted by Crippen LogP contribution is 2.28. The second kappa shape index (κ2) is 5.34. The fourth-order valence-corrected chi connectivity index (χ4v) is 1.67. The third-order valence-electron chi connectivity index (χ3n) is 2.11. The quantitative estimate of drug-likeness (QED) is 0.773. The summed E-state index contributed by atoms with van der Waals surface area (Å²) in [5, 5.41) is 9.62. The molecule has 0 aromatic heterocycles. The fourth-order valence-electron chi connectivity index (χ4n) is 1.32. The van der Waals surface area contributed by atoms with E-state index in [1.807, 2.05) is 12.1 Å². The molecule has 0 saturated carbocycles. The Morgan fingerprint density at radius 1 is 1.43 bits per heavy atom. The van der Waals surface area contributed by atoms with Crippen LogP contribution in [0.4, 0.5) is 0 Å². The van der Waals surface area contributed by atoms with Crippen molar-refractivity contribution in [1.29, 1.82) is 0 Å². The van der Waals surface area contributed by atoms with Gasteiger partial charge in [-0.2, -0.15) is 0 Å². The van der Waals surface area contributed by atoms with Crippen LogP contribution in [0.5, 0.6) is 5.75 Å². The molecule has 0 radical (unpaired) electrons. The molecule has 4 heteroatoms. The molecule has 1 rings (SSSR count). The van der Waals surface area contributed by atoms with Crippen molar-refractivity contribution in [3.05, 3.63) is 28.2 Å². The van der Waals surface area contributed by atoms with Gasteiger partial charge in [0.2, 0.25) is 0 Å². The molecular formula is C10H15BrN2O. The zero-order chi connectivity index (χ0) is 10.6. The lowest BCUT2D eigenvalue weighted by Crippen LogP contribution is -2.12. The minimum absolute atomic E-state index is 0.133. The number of hydrogen-bond donors (Lipinski definition) is 3. The lowest BCUT2D eigenvalue weighted by atomic mass is 10.0. The third kappa shape index (κ3) is 2.97. The summed E-state index contributed by atoms with van der Waals surface area (Å²) in [5.41, 5.74) is 12.1. The molecule has 0 saturated heterocycles. The van der Waals surface area contributed by atoms with Gasteiger partial charge in [-0.25, -0.2) is 0 Å². The second-order valence-electron chi connectivity index (χ2n) is 3.24. The number of phenolic OH excluding ortho intramolecular Hbond substituents is 1. The van der Waals surface area contributed by atoms with Crippen molar-refractivity contribution in [2.45, 2.75) is 18.9 Å². The standard InChI is InChI=1S/C10H15BrN2O/c11-7-3-4-8(10(14)6-7)9(13)2-1-5-12/h3-4,6,9,14H,1-2,5,12-13H2/t9-/m1/s1. The zero-order valence-corrected chi connectivity index (χ0v) is 9.50. The molecule has 0 heterocycles. The highest BCUT2D eigenvalue weighted by atomic mass is 79.9. The number of rotatable bonds is 4. The molecule has 0 spiro atoms. The van der Waals surface area contributed by atoms with Gasteiger partial charge in [-0.15, -0.1) is 0 Å². The summed E-state index contributed by atoms with van der Waals surface area (Å²) >= 11 is 3.28. The number of phenols is 1. The van der Waals surface area contributed by atoms with Crippen molar-refractivity contribution >= 4 is 15.9 Å². The van der Waals surface area contributed by atoms with Crippen LogP contribution in [0.25, 0.3) is 0 Å². The van der Waals surface area contributed by atoms with Crippen molar-refractivity contribution in [3.63, 3.8) is 0 Å². The Balaban J connectivity index is 2.74. The van der Waals surface area contributed by atoms with E-state index < -0.39 is 0 Å². The van der Waals surface area contributed by atoms with E-state index in [1.165, 1.54) is 0 Å². The molecule has 78 valence electrons. The minimum Gasteiger partial charge on any atom is -0.508 e. The van der Waals surface area contributed by atoms with E-state index in [4.69, 9.17) is 11.5 Å². The fraction of sp³-hybridized carbons (Fsp3) is 0.400. The summed E-state index contributed by atoms with van der Waals surface area (Å²) in [6.45, 7) is 0.630. The van der Waals surface area contributed by atoms with Gasteiger partial charge >= 0.3 is 0 Å². The number of nitrogens with two attached hydrogens (primary N) is 2. The summed E-state index contributed by atoms with van der Waals surface area (Å²) in [5.74, 6) is 0.240. The van der Waals surface area contributed by atoms with E-state index in [-0.39, 0.29) is 11.8 Å². The first-order valence-corrected chi connectivity index (χ1v) is 5.38. The van der Waals surface area contributed by atoms with Crippen molar-refractivity contribution < 1.29 is 5.11 Å². The van der Waals surface area contributed by atoms with Crippen LogP contribution in [0.3, 0.4) is 0 Å². The van der Waals surface area contributed by atoms with Crippen molar-refractivity contribution in [2.75, 3.05) is 6.54 Å². The Hall–Kier alpha value is -0.580. The summed E-state index contributed by atoms with van der Waals surface area (Å²) in [6.07, 6.45) is 1.67. The molecule has 5 N–H and O–H groups in total. The molecule has 0 fully saturated rings. The SMILES string of the molecule is NCCC[C@@H](N)c1ccc(Br)cc1O. The van der Waals surface area contributed by atoms with Crippen molar-refractivity contribution in [3.8, 4) is 5.75 Å². The molecule has 0 aliphatic heterocycles. The Labute approximate surface area is 92.2 Å². The van der Waals surface area contributed by atoms with Gasteiger partial charge in [0.25, 0.3) is 0 Å². The van der Waals surface area contributed by atoms with Gasteiger partial charge in [0.05, 0.1) is 0 Å². The van der Waals surface area contributed by atoms with Crippen LogP contribution in [-0.2, 0) is 0 Å². The highest BCUT2D eigenvalue weighted by molar-refractivity contribution is 9.10. The number of aromatic hydroxyl groups is 1. The lowest BCUT2D eigenvalue weighted by Gasteiger charge is -2.13. The van der Waals surface area contributed by atoms with Crippen molar-refractivity contribution in [1.82, 2.24) is 0 Å². The van der Waals surface area contributed by atoms with Crippen LogP contribution in [0, 0.1) is 0 Å². The second-order valence-corrected chi connectivity index (χ2v) is 4.16. The summed E-state index contributed by atoms with van der Waals surface area (Å²) in [4.78, 5) is 0. The number of benzene rings is 1. The van der Waals surface area contributed by atoms with E-state index in [9.17, 15) is 5.11 Å². The van der Waals surface area contributed by atoms with Gasteiger partial charge in [-0.3, -0.25) is 0 Å². The summed E-state index contributed by atoms with van der Waals surface area (Å²) in [7, 11) is 0. The molecule has 0 bridgehead atoms. The normalized spacial score (nSPS) is 12.8. The molecule has 0 amide bonds. The van der Waals surface area contributed by atoms with Gasteiger partial charge in [0.1, 0.15) is 5.75 Å². The predicted octanol–water partition coefficient (Wildman–Crippen LogP) is 1.89. The smallest absolute Gasteiger partial charge is 0.121 e. The monoisotopic (exact) mass is 258 g/mol. The molecule has 0 aliphatic rings. The Kier molecular flexibility index (Phi) is 4.38. The van der Waals surface area contributed by atoms with Crippen LogP contribution in [0.15, 0.2) is 22.7 Å². The highest BCUT2D eigenvalue weighted by Gasteiger charge is 2.10. The van der Waals surface area contributed by atoms with Gasteiger partial charge in [-0.1, -0.05) is 22.0 Å². The van der Waals surface area contributed by atoms with Crippen LogP contribution >= 0.6 is 15.9 Å². The number of halogens is 1. The first-order valence-electron chi connectivity index (χ1n) is 4.59. The van der Waals surface area contributed by atoms with Crippen LogP contribution < -0.4 is 11.5 Å². The number of hydrogen-bond acceptors (Lipinski definition) is 3. The average Bonchev–Trinajstić information content (AvgIpc) is 2.14. The van der Waals surface area contributed by atoms with Gasteiger partial charge in [-0.05, 0) is 31.5 Å². The first kappa shape index (κ1) is 11.5. The zero-order valence-electron chi connectivity index (χ0n) is 7.91. The summed E-state index contributed by atoms with van der Waals surface area (Å²) < 4.78 is 0.852. The Morgan fingerprint density at radius 3 is 2.71 bits per heavy atom. The molecule has 1 atom stereocenters. The van der Waals surface area contributed by atoms with E-state index in [1.54, 1.807) is 6.07 Å². The van der Waals surface area contributed by atoms with Gasteiger partial charge in [0, 0.05) is 16.1 Å². The van der Waals surface area contributed by atoms with E-state index in [0.717, 1.165) is 22.9 Å². The first-order chi connectivity index (χ1) is 6.65. The predicted molar refractivity (Wildman–Crippen MR) is 61.0 cm³/mol. The maximum atomic E-state index is 9.62. The maximum Gasteiger partial charge on any atom is 0.121 e. The Morgan fingerprint density at radius 2 is 2.14 bits per heavy atom. The van der Waals surface area contributed by atoms with Gasteiger partial charge in [0.15, 0.2) is 0 Å². The largest absolute Gasteiger partial charge is 0.508 e. The minimum atomic E-state index is -0.133. The average molecular weight is 259 g/mol. The maximum absolute atomic E-state index is 9.62. The van der Waals surface area contributed by atoms with Crippen LogP contribution in [0.2, 0.25) is 0 Å². The van der Waals surface area contributed by atoms with E-state index >= 15 is 0 Å². The van der Waals surface area contributed by atoms with E-state index in [0.29, 0.717) is 6.54 Å². The lowest BCUT2D eigenvalue weighted by molar-refractivity contribution is 0.457. The van der Waals surface area contributed by atoms with Crippen LogP contribution in [-0.4, -0.2) is 11.7 Å². The molecule has 0 aliphatic carbocycles. The molecule has 3 nitrogen and oxygen atoms in total. The van der Waals surface area contributed by atoms with Gasteiger partial charge < -0.3 is 16.6 Å². The third-order valence-corrected chi connectivity index (χ3v) is 2.60. The van der Waals surface area contributed by atoms with E-state index in [2.05, 4.69) is 15.9 Å². The van der Waals surface area contributed by atoms with Crippen molar-refractivity contribution in [2.24, 2.45) is 11.5 Å². The van der Waals surface area contributed by atoms with Crippen LogP contribution in [0.1, 0.15) is 24.4 Å². The topological polar surface area (TPSA) is 72.3 Å². The molecule has 14 heavy (non-hydrogen) atoms. The molecule has 1 aromatic carbocycles. The molecule has 0 unspecified atom stereocenters. The Bertz CT molecular complexity index is 304. The molecule has 1 aromatic rings. The molecular weight excluding hydrogens is 244 g/mol. The summed E-state index contributed by atoms with van der Waals surface area (Å²) in [6, 6.07) is 5.22.